The van der Waals surface area contributed by atoms with Crippen molar-refractivity contribution in [3.63, 3.8) is 0 Å². The molecule has 2 aromatic rings. The van der Waals surface area contributed by atoms with Gasteiger partial charge in [-0.3, -0.25) is 0 Å². The van der Waals surface area contributed by atoms with Crippen LogP contribution >= 0.6 is 11.3 Å². The van der Waals surface area contributed by atoms with Gasteiger partial charge < -0.3 is 15.5 Å². The predicted molar refractivity (Wildman–Crippen MR) is 81.9 cm³/mol. The van der Waals surface area contributed by atoms with Crippen LogP contribution in [0.5, 0.6) is 0 Å². The molecule has 0 atom stereocenters. The van der Waals surface area contributed by atoms with Gasteiger partial charge in [0.1, 0.15) is 5.82 Å². The highest BCUT2D eigenvalue weighted by atomic mass is 32.1. The number of thiophene rings is 1. The summed E-state index contributed by atoms with van der Waals surface area (Å²) in [6.45, 7) is 6.11. The molecular weight excluding hydrogens is 256 g/mol. The molecule has 4 nitrogen and oxygen atoms in total. The summed E-state index contributed by atoms with van der Waals surface area (Å²) in [4.78, 5) is 9.48. The van der Waals surface area contributed by atoms with E-state index in [2.05, 4.69) is 32.3 Å². The highest BCUT2D eigenvalue weighted by Gasteiger charge is 2.17. The molecule has 0 saturated carbocycles. The average Bonchev–Trinajstić information content (AvgIpc) is 2.79. The first-order valence-electron chi connectivity index (χ1n) is 6.88. The molecule has 0 aliphatic carbocycles. The fourth-order valence-corrected chi connectivity index (χ4v) is 3.50. The zero-order valence-corrected chi connectivity index (χ0v) is 11.9. The van der Waals surface area contributed by atoms with Crippen molar-refractivity contribution in [3.8, 4) is 0 Å². The Hall–Kier alpha value is -1.17. The molecule has 1 saturated heterocycles. The Morgan fingerprint density at radius 2 is 2.16 bits per heavy atom. The lowest BCUT2D eigenvalue weighted by atomic mass is 10.3. The first-order chi connectivity index (χ1) is 9.38. The first kappa shape index (κ1) is 12.8. The van der Waals surface area contributed by atoms with Crippen molar-refractivity contribution in [2.45, 2.75) is 6.42 Å². The van der Waals surface area contributed by atoms with Gasteiger partial charge in [-0.1, -0.05) is 0 Å². The minimum absolute atomic E-state index is 0.748. The summed E-state index contributed by atoms with van der Waals surface area (Å²) in [6, 6.07) is 4.28. The third-order valence-corrected chi connectivity index (χ3v) is 4.57. The van der Waals surface area contributed by atoms with Gasteiger partial charge in [-0.05, 0) is 30.5 Å². The third-order valence-electron chi connectivity index (χ3n) is 3.69. The number of nitrogens with two attached hydrogens (primary N) is 1. The number of pyridine rings is 1. The van der Waals surface area contributed by atoms with Gasteiger partial charge in [0.15, 0.2) is 0 Å². The highest BCUT2D eigenvalue weighted by molar-refractivity contribution is 7.17. The molecule has 19 heavy (non-hydrogen) atoms. The Morgan fingerprint density at radius 3 is 3.05 bits per heavy atom. The van der Waals surface area contributed by atoms with Crippen LogP contribution in [0.25, 0.3) is 10.1 Å². The van der Waals surface area contributed by atoms with E-state index >= 15 is 0 Å². The molecule has 3 rings (SSSR count). The third kappa shape index (κ3) is 2.73. The summed E-state index contributed by atoms with van der Waals surface area (Å²) in [6.07, 6.45) is 3.11. The average molecular weight is 276 g/mol. The molecule has 0 unspecified atom stereocenters. The molecule has 1 fully saturated rings. The van der Waals surface area contributed by atoms with E-state index in [1.807, 2.05) is 6.20 Å². The van der Waals surface area contributed by atoms with Crippen LogP contribution in [0, 0.1) is 0 Å². The number of nitrogens with zero attached hydrogens (tertiary/aromatic N) is 3. The van der Waals surface area contributed by atoms with E-state index in [0.717, 1.165) is 45.1 Å². The summed E-state index contributed by atoms with van der Waals surface area (Å²) in [5.74, 6) is 1.15. The molecule has 0 amide bonds. The van der Waals surface area contributed by atoms with Crippen molar-refractivity contribution in [1.29, 1.82) is 0 Å². The summed E-state index contributed by atoms with van der Waals surface area (Å²) >= 11 is 1.79. The molecule has 102 valence electrons. The van der Waals surface area contributed by atoms with Gasteiger partial charge in [0.05, 0.1) is 0 Å². The van der Waals surface area contributed by atoms with E-state index in [-0.39, 0.29) is 0 Å². The van der Waals surface area contributed by atoms with Crippen LogP contribution in [-0.2, 0) is 0 Å². The van der Waals surface area contributed by atoms with Gasteiger partial charge >= 0.3 is 0 Å². The van der Waals surface area contributed by atoms with Crippen molar-refractivity contribution in [3.05, 3.63) is 23.7 Å². The molecule has 0 radical (unpaired) electrons. The van der Waals surface area contributed by atoms with Gasteiger partial charge in [0.25, 0.3) is 0 Å². The Kier molecular flexibility index (Phi) is 3.96. The Bertz CT molecular complexity index is 539. The number of aromatic nitrogens is 1. The predicted octanol–water partition coefficient (Wildman–Crippen LogP) is 1.77. The number of fused-ring (bicyclic) bond motifs is 1. The number of hydrogen-bond donors (Lipinski definition) is 1. The monoisotopic (exact) mass is 276 g/mol. The van der Waals surface area contributed by atoms with Crippen molar-refractivity contribution in [1.82, 2.24) is 9.88 Å². The molecule has 5 heteroatoms. The van der Waals surface area contributed by atoms with Crippen LogP contribution in [0.1, 0.15) is 6.42 Å². The van der Waals surface area contributed by atoms with Crippen LogP contribution < -0.4 is 10.6 Å². The van der Waals surface area contributed by atoms with Gasteiger partial charge in [0, 0.05) is 49.0 Å². The maximum absolute atomic E-state index is 5.65. The molecule has 2 N–H and O–H groups in total. The summed E-state index contributed by atoms with van der Waals surface area (Å²) < 4.78 is 1.33. The van der Waals surface area contributed by atoms with Crippen molar-refractivity contribution in [2.24, 2.45) is 5.73 Å². The molecule has 0 spiro atoms. The number of hydrogen-bond acceptors (Lipinski definition) is 5. The molecule has 3 heterocycles. The molecule has 0 aromatic carbocycles. The Balaban J connectivity index is 1.80. The Morgan fingerprint density at radius 1 is 1.21 bits per heavy atom. The van der Waals surface area contributed by atoms with Crippen LogP contribution in [0.2, 0.25) is 0 Å². The van der Waals surface area contributed by atoms with Gasteiger partial charge in [-0.2, -0.15) is 0 Å². The minimum atomic E-state index is 0.748. The second kappa shape index (κ2) is 5.86. The van der Waals surface area contributed by atoms with Crippen molar-refractivity contribution >= 4 is 27.2 Å². The largest absolute Gasteiger partial charge is 0.355 e. The summed E-state index contributed by atoms with van der Waals surface area (Å²) in [5, 5.41) is 3.44. The zero-order valence-electron chi connectivity index (χ0n) is 11.1. The van der Waals surface area contributed by atoms with Crippen LogP contribution in [0.4, 0.5) is 5.82 Å². The second-order valence-corrected chi connectivity index (χ2v) is 5.89. The van der Waals surface area contributed by atoms with E-state index in [1.54, 1.807) is 11.3 Å². The first-order valence-corrected chi connectivity index (χ1v) is 7.76. The minimum Gasteiger partial charge on any atom is -0.355 e. The topological polar surface area (TPSA) is 45.4 Å². The van der Waals surface area contributed by atoms with Crippen LogP contribution in [-0.4, -0.2) is 49.2 Å². The zero-order chi connectivity index (χ0) is 13.1. The lowest BCUT2D eigenvalue weighted by Gasteiger charge is -2.23. The normalized spacial score (nSPS) is 17.8. The maximum atomic E-state index is 5.65. The van der Waals surface area contributed by atoms with E-state index in [9.17, 15) is 0 Å². The Labute approximate surface area is 117 Å². The summed E-state index contributed by atoms with van der Waals surface area (Å²) in [5.41, 5.74) is 5.65. The van der Waals surface area contributed by atoms with E-state index in [4.69, 9.17) is 5.73 Å². The standard InChI is InChI=1S/C14H20N4S/c15-4-8-17-6-1-7-18(10-9-17)14-12-3-11-19-13(12)2-5-16-14/h2-3,5,11H,1,4,6-10,15H2. The molecule has 2 aromatic heterocycles. The van der Waals surface area contributed by atoms with Gasteiger partial charge in [-0.15, -0.1) is 11.3 Å². The lowest BCUT2D eigenvalue weighted by molar-refractivity contribution is 0.302. The van der Waals surface area contributed by atoms with Gasteiger partial charge in [0.2, 0.25) is 0 Å². The molecule has 1 aliphatic rings. The molecular formula is C14H20N4S. The van der Waals surface area contributed by atoms with Crippen LogP contribution in [0.3, 0.4) is 0 Å². The van der Waals surface area contributed by atoms with Crippen molar-refractivity contribution in [2.75, 3.05) is 44.2 Å². The van der Waals surface area contributed by atoms with Gasteiger partial charge in [-0.25, -0.2) is 4.98 Å². The fraction of sp³-hybridized carbons (Fsp3) is 0.500. The SMILES string of the molecule is NCCN1CCCN(c2nccc3sccc23)CC1. The number of anilines is 1. The van der Waals surface area contributed by atoms with E-state index in [0.29, 0.717) is 0 Å². The quantitative estimate of drug-likeness (QED) is 0.928. The highest BCUT2D eigenvalue weighted by Crippen LogP contribution is 2.28. The number of rotatable bonds is 3. The van der Waals surface area contributed by atoms with Crippen molar-refractivity contribution < 1.29 is 0 Å². The summed E-state index contributed by atoms with van der Waals surface area (Å²) in [7, 11) is 0. The maximum Gasteiger partial charge on any atom is 0.137 e. The van der Waals surface area contributed by atoms with Crippen LogP contribution in [0.15, 0.2) is 23.7 Å². The fourth-order valence-electron chi connectivity index (χ4n) is 2.72. The van der Waals surface area contributed by atoms with E-state index in [1.165, 1.54) is 16.5 Å². The second-order valence-electron chi connectivity index (χ2n) is 4.94. The molecule has 1 aliphatic heterocycles. The molecule has 0 bridgehead atoms. The lowest BCUT2D eigenvalue weighted by Crippen LogP contribution is -2.34. The smallest absolute Gasteiger partial charge is 0.137 e. The van der Waals surface area contributed by atoms with E-state index < -0.39 is 0 Å².